The number of rotatable bonds is 6. The summed E-state index contributed by atoms with van der Waals surface area (Å²) in [6.07, 6.45) is 1.19. The van der Waals surface area contributed by atoms with Crippen LogP contribution >= 0.6 is 0 Å². The molecule has 108 valence electrons. The van der Waals surface area contributed by atoms with Crippen molar-refractivity contribution in [3.8, 4) is 5.75 Å². The molecule has 1 amide bonds. The van der Waals surface area contributed by atoms with Gasteiger partial charge in [0.2, 0.25) is 0 Å². The van der Waals surface area contributed by atoms with Crippen molar-refractivity contribution in [1.82, 2.24) is 5.32 Å². The summed E-state index contributed by atoms with van der Waals surface area (Å²) < 4.78 is 30.5. The van der Waals surface area contributed by atoms with Crippen LogP contribution in [0.2, 0.25) is 0 Å². The fraction of sp³-hybridized carbons (Fsp3) is 0.231. The zero-order chi connectivity index (χ0) is 15.1. The smallest absolute Gasteiger partial charge is 0.330 e. The summed E-state index contributed by atoms with van der Waals surface area (Å²) in [5, 5.41) is 10.9. The third-order valence-corrected chi connectivity index (χ3v) is 2.24. The number of hydrogen-bond donors (Lipinski definition) is 2. The number of carbonyl (C=O) groups is 2. The molecule has 0 saturated heterocycles. The normalized spacial score (nSPS) is 11.1. The van der Waals surface area contributed by atoms with Crippen molar-refractivity contribution in [1.29, 1.82) is 0 Å². The van der Waals surface area contributed by atoms with Crippen molar-refractivity contribution in [3.63, 3.8) is 0 Å². The van der Waals surface area contributed by atoms with Gasteiger partial charge in [-0.25, -0.2) is 13.6 Å². The van der Waals surface area contributed by atoms with Gasteiger partial charge in [0.05, 0.1) is 0 Å². The maximum Gasteiger partial charge on any atom is 0.330 e. The molecule has 1 aromatic carbocycles. The standard InChI is InChI=1S/C13H13F2NO4/c1-2-8(5-13(18)19)16-12(17)7-20-9-3-4-10(14)11(15)6-9/h3-6H,2,7H2,1H3,(H,16,17)(H,18,19)/b8-5+. The molecule has 7 heteroatoms. The topological polar surface area (TPSA) is 75.6 Å². The van der Waals surface area contributed by atoms with Crippen molar-refractivity contribution in [2.75, 3.05) is 6.61 Å². The second-order valence-corrected chi connectivity index (χ2v) is 3.77. The van der Waals surface area contributed by atoms with Gasteiger partial charge in [0.15, 0.2) is 18.2 Å². The number of carboxylic acids is 1. The Kier molecular flexibility index (Phi) is 5.64. The minimum atomic E-state index is -1.18. The summed E-state index contributed by atoms with van der Waals surface area (Å²) in [5.41, 5.74) is 0.219. The van der Waals surface area contributed by atoms with E-state index in [0.29, 0.717) is 6.42 Å². The monoisotopic (exact) mass is 285 g/mol. The third-order valence-electron chi connectivity index (χ3n) is 2.24. The molecule has 0 aliphatic carbocycles. The zero-order valence-corrected chi connectivity index (χ0v) is 10.7. The predicted molar refractivity (Wildman–Crippen MR) is 66.0 cm³/mol. The largest absolute Gasteiger partial charge is 0.484 e. The van der Waals surface area contributed by atoms with Crippen molar-refractivity contribution in [2.45, 2.75) is 13.3 Å². The van der Waals surface area contributed by atoms with E-state index in [2.05, 4.69) is 5.32 Å². The van der Waals surface area contributed by atoms with Gasteiger partial charge < -0.3 is 15.2 Å². The van der Waals surface area contributed by atoms with Gasteiger partial charge in [-0.15, -0.1) is 0 Å². The van der Waals surface area contributed by atoms with Crippen LogP contribution in [0.3, 0.4) is 0 Å². The minimum absolute atomic E-state index is 0.000636. The number of halogens is 2. The zero-order valence-electron chi connectivity index (χ0n) is 10.7. The summed E-state index contributed by atoms with van der Waals surface area (Å²) in [6, 6.07) is 2.88. The van der Waals surface area contributed by atoms with E-state index in [-0.39, 0.29) is 11.4 Å². The van der Waals surface area contributed by atoms with Crippen LogP contribution in [0, 0.1) is 11.6 Å². The highest BCUT2D eigenvalue weighted by Gasteiger charge is 2.08. The van der Waals surface area contributed by atoms with Crippen LogP contribution in [0.4, 0.5) is 8.78 Å². The molecule has 0 saturated carbocycles. The first-order valence-corrected chi connectivity index (χ1v) is 5.73. The fourth-order valence-corrected chi connectivity index (χ4v) is 1.31. The van der Waals surface area contributed by atoms with Crippen LogP contribution in [0.5, 0.6) is 5.75 Å². The highest BCUT2D eigenvalue weighted by Crippen LogP contribution is 2.15. The van der Waals surface area contributed by atoms with Crippen LogP contribution in [0.1, 0.15) is 13.3 Å². The van der Waals surface area contributed by atoms with Crippen LogP contribution < -0.4 is 10.1 Å². The Balaban J connectivity index is 2.54. The van der Waals surface area contributed by atoms with Crippen LogP contribution in [0.25, 0.3) is 0 Å². The number of ether oxygens (including phenoxy) is 1. The van der Waals surface area contributed by atoms with E-state index in [4.69, 9.17) is 9.84 Å². The molecule has 0 aliphatic rings. The summed E-state index contributed by atoms with van der Waals surface area (Å²) in [5.74, 6) is -3.87. The number of nitrogens with one attached hydrogen (secondary N) is 1. The molecule has 0 aromatic heterocycles. The SMILES string of the molecule is CC/C(=C\C(=O)O)NC(=O)COc1ccc(F)c(F)c1. The Bertz CT molecular complexity index is 543. The van der Waals surface area contributed by atoms with E-state index in [0.717, 1.165) is 18.2 Å². The second-order valence-electron chi connectivity index (χ2n) is 3.77. The number of carboxylic acid groups (broad SMARTS) is 1. The van der Waals surface area contributed by atoms with Gasteiger partial charge in [0.25, 0.3) is 5.91 Å². The lowest BCUT2D eigenvalue weighted by Gasteiger charge is -2.09. The molecule has 0 atom stereocenters. The van der Waals surface area contributed by atoms with Crippen molar-refractivity contribution >= 4 is 11.9 Å². The summed E-state index contributed by atoms with van der Waals surface area (Å²) in [6.45, 7) is 1.23. The van der Waals surface area contributed by atoms with Crippen molar-refractivity contribution < 1.29 is 28.2 Å². The molecule has 0 unspecified atom stereocenters. The average molecular weight is 285 g/mol. The van der Waals surface area contributed by atoms with Gasteiger partial charge in [-0.3, -0.25) is 4.79 Å². The maximum atomic E-state index is 12.9. The highest BCUT2D eigenvalue weighted by molar-refractivity contribution is 5.84. The third kappa shape index (κ3) is 5.05. The minimum Gasteiger partial charge on any atom is -0.484 e. The van der Waals surface area contributed by atoms with E-state index in [1.807, 2.05) is 0 Å². The molecule has 5 nitrogen and oxygen atoms in total. The Morgan fingerprint density at radius 1 is 1.35 bits per heavy atom. The van der Waals surface area contributed by atoms with Crippen LogP contribution in [-0.4, -0.2) is 23.6 Å². The Labute approximate surface area is 113 Å². The number of amides is 1. The quantitative estimate of drug-likeness (QED) is 0.782. The molecular weight excluding hydrogens is 272 g/mol. The highest BCUT2D eigenvalue weighted by atomic mass is 19.2. The first kappa shape index (κ1) is 15.6. The predicted octanol–water partition coefficient (Wildman–Crippen LogP) is 1.84. The number of aliphatic carboxylic acids is 1. The molecular formula is C13H13F2NO4. The number of hydrogen-bond acceptors (Lipinski definition) is 3. The lowest BCUT2D eigenvalue weighted by molar-refractivity contribution is -0.131. The van der Waals surface area contributed by atoms with Crippen LogP contribution in [0.15, 0.2) is 30.0 Å². The van der Waals surface area contributed by atoms with Gasteiger partial charge in [-0.2, -0.15) is 0 Å². The van der Waals surface area contributed by atoms with Gasteiger partial charge in [0, 0.05) is 17.8 Å². The molecule has 20 heavy (non-hydrogen) atoms. The summed E-state index contributed by atoms with van der Waals surface area (Å²) in [4.78, 5) is 21.9. The molecule has 0 heterocycles. The molecule has 1 rings (SSSR count). The number of benzene rings is 1. The molecule has 2 N–H and O–H groups in total. The molecule has 0 aliphatic heterocycles. The van der Waals surface area contributed by atoms with E-state index >= 15 is 0 Å². The second kappa shape index (κ2) is 7.22. The molecule has 0 spiro atoms. The first-order chi connectivity index (χ1) is 9.42. The Hall–Kier alpha value is -2.44. The van der Waals surface area contributed by atoms with Gasteiger partial charge in [-0.05, 0) is 18.6 Å². The summed E-state index contributed by atoms with van der Waals surface area (Å²) >= 11 is 0. The Morgan fingerprint density at radius 2 is 2.05 bits per heavy atom. The summed E-state index contributed by atoms with van der Waals surface area (Å²) in [7, 11) is 0. The van der Waals surface area contributed by atoms with E-state index in [1.165, 1.54) is 6.07 Å². The fourth-order valence-electron chi connectivity index (χ4n) is 1.31. The number of carbonyl (C=O) groups excluding carboxylic acids is 1. The van der Waals surface area contributed by atoms with Gasteiger partial charge >= 0.3 is 5.97 Å². The lowest BCUT2D eigenvalue weighted by atomic mass is 10.3. The molecule has 0 radical (unpaired) electrons. The van der Waals surface area contributed by atoms with Gasteiger partial charge in [0.1, 0.15) is 5.75 Å². The van der Waals surface area contributed by atoms with Crippen molar-refractivity contribution in [3.05, 3.63) is 41.6 Å². The van der Waals surface area contributed by atoms with E-state index in [9.17, 15) is 18.4 Å². The maximum absolute atomic E-state index is 12.9. The van der Waals surface area contributed by atoms with Gasteiger partial charge in [-0.1, -0.05) is 6.92 Å². The lowest BCUT2D eigenvalue weighted by Crippen LogP contribution is -2.28. The van der Waals surface area contributed by atoms with Crippen LogP contribution in [-0.2, 0) is 9.59 Å². The molecule has 0 fully saturated rings. The molecule has 1 aromatic rings. The van der Waals surface area contributed by atoms with E-state index in [1.54, 1.807) is 6.92 Å². The van der Waals surface area contributed by atoms with Crippen molar-refractivity contribution in [2.24, 2.45) is 0 Å². The Morgan fingerprint density at radius 3 is 2.60 bits per heavy atom. The average Bonchev–Trinajstić information content (AvgIpc) is 2.39. The van der Waals surface area contributed by atoms with E-state index < -0.39 is 30.1 Å². The number of allylic oxidation sites excluding steroid dienone is 1. The first-order valence-electron chi connectivity index (χ1n) is 5.73. The molecule has 0 bridgehead atoms.